The fourth-order valence-corrected chi connectivity index (χ4v) is 0.480. The standard InChI is InChI=1S/C5H5F2N/c1-8-3-2-4(6)5(8)7/h2-3H,1H3. The smallest absolute Gasteiger partial charge is 0.229 e. The van der Waals surface area contributed by atoms with E-state index in [0.717, 1.165) is 10.6 Å². The molecule has 0 spiro atoms. The van der Waals surface area contributed by atoms with Crippen molar-refractivity contribution in [3.63, 3.8) is 0 Å². The van der Waals surface area contributed by atoms with E-state index in [1.54, 1.807) is 0 Å². The normalized spacial score (nSPS) is 9.88. The van der Waals surface area contributed by atoms with Crippen LogP contribution in [0.5, 0.6) is 0 Å². The van der Waals surface area contributed by atoms with Crippen molar-refractivity contribution in [3.05, 3.63) is 24.0 Å². The van der Waals surface area contributed by atoms with E-state index in [9.17, 15) is 8.78 Å². The number of aromatic nitrogens is 1. The van der Waals surface area contributed by atoms with E-state index in [4.69, 9.17) is 0 Å². The summed E-state index contributed by atoms with van der Waals surface area (Å²) in [7, 11) is 1.44. The summed E-state index contributed by atoms with van der Waals surface area (Å²) in [6.07, 6.45) is 1.32. The van der Waals surface area contributed by atoms with E-state index >= 15 is 0 Å². The molecule has 1 heterocycles. The van der Waals surface area contributed by atoms with Crippen LogP contribution in [0.3, 0.4) is 0 Å². The quantitative estimate of drug-likeness (QED) is 0.482. The molecule has 1 rings (SSSR count). The summed E-state index contributed by atoms with van der Waals surface area (Å²) in [6.45, 7) is 0. The van der Waals surface area contributed by atoms with Crippen LogP contribution >= 0.6 is 0 Å². The van der Waals surface area contributed by atoms with Crippen molar-refractivity contribution < 1.29 is 8.78 Å². The topological polar surface area (TPSA) is 4.93 Å². The second-order valence-corrected chi connectivity index (χ2v) is 1.57. The van der Waals surface area contributed by atoms with Crippen molar-refractivity contribution >= 4 is 0 Å². The minimum atomic E-state index is -0.815. The Labute approximate surface area is 45.5 Å². The molecular weight excluding hydrogens is 112 g/mol. The molecule has 3 heteroatoms. The molecule has 8 heavy (non-hydrogen) atoms. The first-order valence-electron chi connectivity index (χ1n) is 2.18. The van der Waals surface area contributed by atoms with Crippen LogP contribution in [0.25, 0.3) is 0 Å². The van der Waals surface area contributed by atoms with E-state index in [1.807, 2.05) is 0 Å². The fraction of sp³-hybridized carbons (Fsp3) is 0.200. The van der Waals surface area contributed by atoms with Crippen LogP contribution in [0.15, 0.2) is 12.3 Å². The fourth-order valence-electron chi connectivity index (χ4n) is 0.480. The highest BCUT2D eigenvalue weighted by molar-refractivity contribution is 4.96. The van der Waals surface area contributed by atoms with E-state index in [1.165, 1.54) is 13.2 Å². The van der Waals surface area contributed by atoms with Gasteiger partial charge in [0.25, 0.3) is 0 Å². The van der Waals surface area contributed by atoms with Gasteiger partial charge in [0, 0.05) is 13.2 Å². The molecule has 0 aromatic carbocycles. The third kappa shape index (κ3) is 0.598. The summed E-state index contributed by atoms with van der Waals surface area (Å²) in [5.41, 5.74) is 0. The Kier molecular flexibility index (Phi) is 1.04. The van der Waals surface area contributed by atoms with Crippen LogP contribution in [0.1, 0.15) is 0 Å². The first-order chi connectivity index (χ1) is 3.72. The zero-order valence-corrected chi connectivity index (χ0v) is 4.36. The van der Waals surface area contributed by atoms with Gasteiger partial charge in [0.2, 0.25) is 5.95 Å². The van der Waals surface area contributed by atoms with E-state index in [2.05, 4.69) is 0 Å². The van der Waals surface area contributed by atoms with Gasteiger partial charge in [-0.05, 0) is 6.07 Å². The molecule has 0 aliphatic carbocycles. The Morgan fingerprint density at radius 3 is 2.25 bits per heavy atom. The predicted molar refractivity (Wildman–Crippen MR) is 25.3 cm³/mol. The summed E-state index contributed by atoms with van der Waals surface area (Å²) in [5, 5.41) is 0. The molecule has 0 amide bonds. The summed E-state index contributed by atoms with van der Waals surface area (Å²) >= 11 is 0. The Hall–Kier alpha value is -0.860. The molecule has 0 bridgehead atoms. The lowest BCUT2D eigenvalue weighted by molar-refractivity contribution is 0.460. The van der Waals surface area contributed by atoms with Gasteiger partial charge in [0.05, 0.1) is 0 Å². The second kappa shape index (κ2) is 1.58. The summed E-state index contributed by atoms with van der Waals surface area (Å²) in [4.78, 5) is 0. The largest absolute Gasteiger partial charge is 0.325 e. The molecule has 0 aliphatic heterocycles. The first-order valence-corrected chi connectivity index (χ1v) is 2.18. The highest BCUT2D eigenvalue weighted by atomic mass is 19.2. The van der Waals surface area contributed by atoms with Crippen LogP contribution in [0.4, 0.5) is 8.78 Å². The van der Waals surface area contributed by atoms with Gasteiger partial charge in [-0.15, -0.1) is 0 Å². The van der Waals surface area contributed by atoms with Gasteiger partial charge in [-0.3, -0.25) is 0 Å². The predicted octanol–water partition coefficient (Wildman–Crippen LogP) is 1.30. The van der Waals surface area contributed by atoms with Gasteiger partial charge in [0.15, 0.2) is 5.82 Å². The van der Waals surface area contributed by atoms with Crippen molar-refractivity contribution in [2.75, 3.05) is 0 Å². The Morgan fingerprint density at radius 1 is 1.50 bits per heavy atom. The van der Waals surface area contributed by atoms with Gasteiger partial charge >= 0.3 is 0 Å². The number of halogens is 2. The molecule has 44 valence electrons. The van der Waals surface area contributed by atoms with Gasteiger partial charge in [-0.2, -0.15) is 4.39 Å². The van der Waals surface area contributed by atoms with Crippen molar-refractivity contribution in [1.82, 2.24) is 4.57 Å². The van der Waals surface area contributed by atoms with Gasteiger partial charge < -0.3 is 4.57 Å². The molecular formula is C5H5F2N. The zero-order valence-electron chi connectivity index (χ0n) is 4.36. The molecule has 1 nitrogen and oxygen atoms in total. The van der Waals surface area contributed by atoms with Crippen molar-refractivity contribution in [3.8, 4) is 0 Å². The molecule has 0 saturated carbocycles. The molecule has 1 aromatic heterocycles. The third-order valence-electron chi connectivity index (χ3n) is 0.951. The number of hydrogen-bond acceptors (Lipinski definition) is 0. The minimum absolute atomic E-state index is 0.799. The maximum absolute atomic E-state index is 12.1. The SMILES string of the molecule is Cn1ccc(F)c1F. The summed E-state index contributed by atoms with van der Waals surface area (Å²) in [6, 6.07) is 1.08. The van der Waals surface area contributed by atoms with Gasteiger partial charge in [-0.25, -0.2) is 4.39 Å². The number of nitrogens with zero attached hydrogens (tertiary/aromatic N) is 1. The maximum Gasteiger partial charge on any atom is 0.229 e. The number of hydrogen-bond donors (Lipinski definition) is 0. The highest BCUT2D eigenvalue weighted by Crippen LogP contribution is 2.02. The molecule has 0 fully saturated rings. The summed E-state index contributed by atoms with van der Waals surface area (Å²) < 4.78 is 25.1. The average Bonchev–Trinajstić information content (AvgIpc) is 1.98. The lowest BCUT2D eigenvalue weighted by Crippen LogP contribution is -1.89. The number of rotatable bonds is 0. The van der Waals surface area contributed by atoms with E-state index in [0.29, 0.717) is 0 Å². The highest BCUT2D eigenvalue weighted by Gasteiger charge is 2.01. The Morgan fingerprint density at radius 2 is 2.12 bits per heavy atom. The summed E-state index contributed by atoms with van der Waals surface area (Å²) in [5.74, 6) is -1.61. The number of aryl methyl sites for hydroxylation is 1. The van der Waals surface area contributed by atoms with Gasteiger partial charge in [-0.1, -0.05) is 0 Å². The monoisotopic (exact) mass is 117 g/mol. The van der Waals surface area contributed by atoms with Gasteiger partial charge in [0.1, 0.15) is 0 Å². The van der Waals surface area contributed by atoms with E-state index in [-0.39, 0.29) is 0 Å². The molecule has 0 saturated heterocycles. The van der Waals surface area contributed by atoms with Crippen LogP contribution in [0, 0.1) is 11.8 Å². The van der Waals surface area contributed by atoms with Crippen molar-refractivity contribution in [1.29, 1.82) is 0 Å². The van der Waals surface area contributed by atoms with Crippen LogP contribution in [0.2, 0.25) is 0 Å². The minimum Gasteiger partial charge on any atom is -0.325 e. The van der Waals surface area contributed by atoms with Crippen molar-refractivity contribution in [2.24, 2.45) is 7.05 Å². The van der Waals surface area contributed by atoms with E-state index < -0.39 is 11.8 Å². The lowest BCUT2D eigenvalue weighted by Gasteiger charge is -1.86. The lowest BCUT2D eigenvalue weighted by atomic mass is 10.6. The van der Waals surface area contributed by atoms with Crippen molar-refractivity contribution in [2.45, 2.75) is 0 Å². The molecule has 0 unspecified atom stereocenters. The molecule has 0 aliphatic rings. The van der Waals surface area contributed by atoms with Crippen LogP contribution < -0.4 is 0 Å². The molecule has 1 aromatic rings. The molecule has 0 atom stereocenters. The first kappa shape index (κ1) is 5.28. The Balaban J connectivity index is 3.19. The van der Waals surface area contributed by atoms with Crippen LogP contribution in [-0.2, 0) is 7.05 Å². The second-order valence-electron chi connectivity index (χ2n) is 1.57. The maximum atomic E-state index is 12.1. The average molecular weight is 117 g/mol. The zero-order chi connectivity index (χ0) is 6.15. The molecule has 0 radical (unpaired) electrons. The molecule has 0 N–H and O–H groups in total. The third-order valence-corrected chi connectivity index (χ3v) is 0.951. The van der Waals surface area contributed by atoms with Crippen LogP contribution in [-0.4, -0.2) is 4.57 Å². The Bertz CT molecular complexity index is 173.